The molecule has 0 aromatic carbocycles. The monoisotopic (exact) mass is 186 g/mol. The summed E-state index contributed by atoms with van der Waals surface area (Å²) in [6, 6.07) is -0.436. The highest BCUT2D eigenvalue weighted by atomic mass is 16.2. The number of nitrogens with one attached hydrogen (secondary N) is 2. The van der Waals surface area contributed by atoms with Gasteiger partial charge in [0.1, 0.15) is 6.04 Å². The van der Waals surface area contributed by atoms with Gasteiger partial charge in [-0.2, -0.15) is 0 Å². The maximum absolute atomic E-state index is 11.2. The van der Waals surface area contributed by atoms with E-state index in [1.54, 1.807) is 6.92 Å². The van der Waals surface area contributed by atoms with E-state index in [4.69, 9.17) is 0 Å². The van der Waals surface area contributed by atoms with Gasteiger partial charge in [0.25, 0.3) is 0 Å². The van der Waals surface area contributed by atoms with Crippen molar-refractivity contribution in [1.29, 1.82) is 0 Å². The van der Waals surface area contributed by atoms with Gasteiger partial charge in [-0.25, -0.2) is 0 Å². The molecule has 0 aromatic heterocycles. The molecule has 1 atom stereocenters. The molecule has 0 aliphatic heterocycles. The maximum atomic E-state index is 11.2. The molecule has 2 N–H and O–H groups in total. The summed E-state index contributed by atoms with van der Waals surface area (Å²) in [7, 11) is 0. The van der Waals surface area contributed by atoms with E-state index in [0.29, 0.717) is 6.54 Å². The number of carbonyl (C=O) groups is 2. The fraction of sp³-hybridized carbons (Fsp3) is 0.778. The average molecular weight is 186 g/mol. The van der Waals surface area contributed by atoms with Crippen LogP contribution in [0.2, 0.25) is 0 Å². The summed E-state index contributed by atoms with van der Waals surface area (Å²) in [5.74, 6) is -0.304. The van der Waals surface area contributed by atoms with Crippen molar-refractivity contribution in [2.45, 2.75) is 39.7 Å². The summed E-state index contributed by atoms with van der Waals surface area (Å²) in [5, 5.41) is 5.25. The Morgan fingerprint density at radius 2 is 2.00 bits per heavy atom. The van der Waals surface area contributed by atoms with Crippen LogP contribution in [0.25, 0.3) is 0 Å². The van der Waals surface area contributed by atoms with Crippen LogP contribution in [0.1, 0.15) is 33.6 Å². The number of carbonyl (C=O) groups excluding carboxylic acids is 2. The van der Waals surface area contributed by atoms with E-state index >= 15 is 0 Å². The van der Waals surface area contributed by atoms with Gasteiger partial charge in [0.05, 0.1) is 0 Å². The molecule has 2 amide bonds. The lowest BCUT2D eigenvalue weighted by molar-refractivity contribution is -0.127. The first-order valence-electron chi connectivity index (χ1n) is 4.62. The Morgan fingerprint density at radius 3 is 2.46 bits per heavy atom. The molecule has 0 saturated carbocycles. The molecule has 0 aromatic rings. The average Bonchev–Trinajstić information content (AvgIpc) is 2.03. The minimum Gasteiger partial charge on any atom is -0.354 e. The Balaban J connectivity index is 3.63. The highest BCUT2D eigenvalue weighted by molar-refractivity contribution is 5.86. The lowest BCUT2D eigenvalue weighted by Crippen LogP contribution is -2.44. The third-order valence-electron chi connectivity index (χ3n) is 1.64. The number of hydrogen-bond donors (Lipinski definition) is 2. The molecule has 0 saturated heterocycles. The van der Waals surface area contributed by atoms with Crippen LogP contribution in [-0.2, 0) is 9.59 Å². The second kappa shape index (κ2) is 6.46. The van der Waals surface area contributed by atoms with Crippen LogP contribution in [-0.4, -0.2) is 24.4 Å². The summed E-state index contributed by atoms with van der Waals surface area (Å²) in [4.78, 5) is 21.8. The molecule has 0 aliphatic carbocycles. The van der Waals surface area contributed by atoms with Crippen LogP contribution >= 0.6 is 0 Å². The molecule has 76 valence electrons. The summed E-state index contributed by atoms with van der Waals surface area (Å²) in [5.41, 5.74) is 0. The van der Waals surface area contributed by atoms with Crippen LogP contribution < -0.4 is 10.6 Å². The second-order valence-electron chi connectivity index (χ2n) is 3.07. The van der Waals surface area contributed by atoms with Crippen molar-refractivity contribution in [3.63, 3.8) is 0 Å². The topological polar surface area (TPSA) is 58.2 Å². The van der Waals surface area contributed by atoms with E-state index in [1.165, 1.54) is 6.92 Å². The van der Waals surface area contributed by atoms with Crippen LogP contribution in [0, 0.1) is 0 Å². The number of hydrogen-bond acceptors (Lipinski definition) is 2. The Morgan fingerprint density at radius 1 is 1.38 bits per heavy atom. The Hall–Kier alpha value is -1.06. The maximum Gasteiger partial charge on any atom is 0.242 e. The van der Waals surface area contributed by atoms with Gasteiger partial charge in [-0.15, -0.1) is 0 Å². The van der Waals surface area contributed by atoms with Gasteiger partial charge in [0, 0.05) is 13.5 Å². The van der Waals surface area contributed by atoms with Crippen molar-refractivity contribution in [2.24, 2.45) is 0 Å². The minimum atomic E-state index is -0.436. The number of unbranched alkanes of at least 4 members (excludes halogenated alkanes) is 1. The van der Waals surface area contributed by atoms with E-state index in [1.807, 2.05) is 0 Å². The molecule has 4 heteroatoms. The van der Waals surface area contributed by atoms with Crippen molar-refractivity contribution in [1.82, 2.24) is 10.6 Å². The zero-order chi connectivity index (χ0) is 10.3. The number of amides is 2. The van der Waals surface area contributed by atoms with Gasteiger partial charge in [0.2, 0.25) is 11.8 Å². The van der Waals surface area contributed by atoms with E-state index in [0.717, 1.165) is 12.8 Å². The smallest absolute Gasteiger partial charge is 0.242 e. The lowest BCUT2D eigenvalue weighted by atomic mass is 10.3. The van der Waals surface area contributed by atoms with E-state index < -0.39 is 6.04 Å². The fourth-order valence-electron chi connectivity index (χ4n) is 0.912. The molecule has 0 aliphatic rings. The molecule has 0 unspecified atom stereocenters. The van der Waals surface area contributed by atoms with Crippen LogP contribution in [0.15, 0.2) is 0 Å². The summed E-state index contributed by atoms with van der Waals surface area (Å²) >= 11 is 0. The van der Waals surface area contributed by atoms with Gasteiger partial charge in [-0.1, -0.05) is 13.3 Å². The molecule has 4 nitrogen and oxygen atoms in total. The minimum absolute atomic E-state index is 0.122. The molecule has 0 heterocycles. The summed E-state index contributed by atoms with van der Waals surface area (Å²) < 4.78 is 0. The van der Waals surface area contributed by atoms with Crippen molar-refractivity contribution in [3.05, 3.63) is 0 Å². The van der Waals surface area contributed by atoms with Gasteiger partial charge < -0.3 is 10.6 Å². The summed E-state index contributed by atoms with van der Waals surface area (Å²) in [6.07, 6.45) is 2.02. The van der Waals surface area contributed by atoms with Crippen LogP contribution in [0.3, 0.4) is 0 Å². The normalized spacial score (nSPS) is 11.9. The second-order valence-corrected chi connectivity index (χ2v) is 3.07. The van der Waals surface area contributed by atoms with Gasteiger partial charge in [-0.05, 0) is 13.3 Å². The third kappa shape index (κ3) is 6.13. The van der Waals surface area contributed by atoms with E-state index in [9.17, 15) is 9.59 Å². The molecule has 0 fully saturated rings. The standard InChI is InChI=1S/C9H18N2O2/c1-4-5-6-10-9(13)7(2)11-8(3)12/h7H,4-6H2,1-3H3,(H,10,13)(H,11,12)/t7-/m0/s1. The third-order valence-corrected chi connectivity index (χ3v) is 1.64. The zero-order valence-corrected chi connectivity index (χ0v) is 8.52. The highest BCUT2D eigenvalue weighted by Gasteiger charge is 2.11. The van der Waals surface area contributed by atoms with Gasteiger partial charge >= 0.3 is 0 Å². The van der Waals surface area contributed by atoms with E-state index in [-0.39, 0.29) is 11.8 Å². The highest BCUT2D eigenvalue weighted by Crippen LogP contribution is 1.85. The SMILES string of the molecule is CCCCNC(=O)[C@H](C)NC(C)=O. The Kier molecular flexibility index (Phi) is 5.93. The van der Waals surface area contributed by atoms with Crippen molar-refractivity contribution in [3.8, 4) is 0 Å². The van der Waals surface area contributed by atoms with Crippen molar-refractivity contribution >= 4 is 11.8 Å². The van der Waals surface area contributed by atoms with Crippen LogP contribution in [0.4, 0.5) is 0 Å². The first-order chi connectivity index (χ1) is 6.07. The zero-order valence-electron chi connectivity index (χ0n) is 8.52. The molecule has 0 spiro atoms. The van der Waals surface area contributed by atoms with E-state index in [2.05, 4.69) is 17.6 Å². The molecule has 13 heavy (non-hydrogen) atoms. The van der Waals surface area contributed by atoms with Crippen molar-refractivity contribution < 1.29 is 9.59 Å². The largest absolute Gasteiger partial charge is 0.354 e. The molecule has 0 radical (unpaired) electrons. The first-order valence-corrected chi connectivity index (χ1v) is 4.62. The lowest BCUT2D eigenvalue weighted by Gasteiger charge is -2.12. The van der Waals surface area contributed by atoms with Gasteiger partial charge in [0.15, 0.2) is 0 Å². The van der Waals surface area contributed by atoms with Crippen LogP contribution in [0.5, 0.6) is 0 Å². The molecule has 0 rings (SSSR count). The summed E-state index contributed by atoms with van der Waals surface area (Å²) in [6.45, 7) is 5.81. The van der Waals surface area contributed by atoms with Gasteiger partial charge in [-0.3, -0.25) is 9.59 Å². The number of rotatable bonds is 5. The quantitative estimate of drug-likeness (QED) is 0.612. The molecular formula is C9H18N2O2. The molecular weight excluding hydrogens is 168 g/mol. The fourth-order valence-corrected chi connectivity index (χ4v) is 0.912. The predicted molar refractivity (Wildman–Crippen MR) is 51.2 cm³/mol. The van der Waals surface area contributed by atoms with Crippen molar-refractivity contribution in [2.75, 3.05) is 6.54 Å². The predicted octanol–water partition coefficient (Wildman–Crippen LogP) is 0.427. The molecule has 0 bridgehead atoms. The Labute approximate surface area is 79.1 Å². The first kappa shape index (κ1) is 11.9. The Bertz CT molecular complexity index is 180.